The molecule has 0 spiro atoms. The zero-order chi connectivity index (χ0) is 13.3. The summed E-state index contributed by atoms with van der Waals surface area (Å²) in [6.07, 6.45) is 4.59. The molecule has 1 aromatic carbocycles. The Kier molecular flexibility index (Phi) is 3.61. The molecule has 3 N–H and O–H groups in total. The number of benzene rings is 1. The van der Waals surface area contributed by atoms with E-state index in [0.29, 0.717) is 12.5 Å². The van der Waals surface area contributed by atoms with Crippen LogP contribution >= 0.6 is 0 Å². The van der Waals surface area contributed by atoms with Crippen LogP contribution in [0.1, 0.15) is 30.4 Å². The Morgan fingerprint density at radius 2 is 2.00 bits per heavy atom. The van der Waals surface area contributed by atoms with Gasteiger partial charge in [-0.1, -0.05) is 24.3 Å². The van der Waals surface area contributed by atoms with Crippen molar-refractivity contribution in [3.05, 3.63) is 35.4 Å². The van der Waals surface area contributed by atoms with Crippen molar-refractivity contribution in [3.8, 4) is 0 Å². The highest BCUT2D eigenvalue weighted by Gasteiger charge is 2.43. The molecule has 1 atom stereocenters. The van der Waals surface area contributed by atoms with Crippen molar-refractivity contribution in [1.82, 2.24) is 4.90 Å². The third-order valence-corrected chi connectivity index (χ3v) is 4.62. The zero-order valence-electron chi connectivity index (χ0n) is 11.5. The van der Waals surface area contributed by atoms with Crippen molar-refractivity contribution in [2.75, 3.05) is 19.6 Å². The molecule has 1 fully saturated rings. The quantitative estimate of drug-likeness (QED) is 0.863. The Balaban J connectivity index is 1.72. The second-order valence-corrected chi connectivity index (χ2v) is 6.16. The normalized spacial score (nSPS) is 23.5. The summed E-state index contributed by atoms with van der Waals surface area (Å²) in [5, 5.41) is 10.7. The topological polar surface area (TPSA) is 49.5 Å². The molecular weight excluding hydrogens is 236 g/mol. The van der Waals surface area contributed by atoms with Crippen molar-refractivity contribution in [2.24, 2.45) is 11.7 Å². The Hall–Kier alpha value is -0.900. The number of β-amino-alcohol motifs (C(OH)–C–C–N with tert-alkyl or cyclic N) is 1. The van der Waals surface area contributed by atoms with Crippen LogP contribution in [0.5, 0.6) is 0 Å². The van der Waals surface area contributed by atoms with Gasteiger partial charge < -0.3 is 10.8 Å². The molecule has 1 saturated carbocycles. The van der Waals surface area contributed by atoms with Gasteiger partial charge in [-0.15, -0.1) is 0 Å². The van der Waals surface area contributed by atoms with Crippen molar-refractivity contribution in [3.63, 3.8) is 0 Å². The van der Waals surface area contributed by atoms with Gasteiger partial charge in [0.1, 0.15) is 0 Å². The van der Waals surface area contributed by atoms with E-state index in [1.165, 1.54) is 17.5 Å². The number of rotatable bonds is 4. The van der Waals surface area contributed by atoms with Gasteiger partial charge in [0.15, 0.2) is 0 Å². The largest absolute Gasteiger partial charge is 0.387 e. The highest BCUT2D eigenvalue weighted by molar-refractivity contribution is 5.28. The number of aliphatic hydroxyl groups is 1. The van der Waals surface area contributed by atoms with Gasteiger partial charge in [0.25, 0.3) is 0 Å². The first kappa shape index (κ1) is 13.1. The molecule has 1 unspecified atom stereocenters. The fourth-order valence-electron chi connectivity index (χ4n) is 3.27. The van der Waals surface area contributed by atoms with Crippen molar-refractivity contribution < 1.29 is 5.11 Å². The van der Waals surface area contributed by atoms with Crippen LogP contribution in [0.25, 0.3) is 0 Å². The van der Waals surface area contributed by atoms with Crippen LogP contribution in [0.2, 0.25) is 0 Å². The highest BCUT2D eigenvalue weighted by atomic mass is 16.3. The van der Waals surface area contributed by atoms with E-state index in [1.807, 2.05) is 0 Å². The molecule has 0 bridgehead atoms. The summed E-state index contributed by atoms with van der Waals surface area (Å²) in [5.41, 5.74) is 8.03. The number of fused-ring (bicyclic) bond motifs is 1. The van der Waals surface area contributed by atoms with Crippen LogP contribution in [-0.4, -0.2) is 35.2 Å². The first-order valence-corrected chi connectivity index (χ1v) is 7.43. The Morgan fingerprint density at radius 3 is 2.68 bits per heavy atom. The predicted octanol–water partition coefficient (Wildman–Crippen LogP) is 1.53. The molecule has 3 rings (SSSR count). The number of hydrogen-bond acceptors (Lipinski definition) is 3. The minimum Gasteiger partial charge on any atom is -0.387 e. The maximum atomic E-state index is 10.7. The third kappa shape index (κ3) is 2.83. The number of nitrogens with two attached hydrogens (primary N) is 1. The number of hydrogen-bond donors (Lipinski definition) is 2. The first-order valence-electron chi connectivity index (χ1n) is 7.43. The van der Waals surface area contributed by atoms with Gasteiger partial charge in [0.2, 0.25) is 0 Å². The molecule has 1 heterocycles. The maximum Gasteiger partial charge on any atom is 0.0923 e. The van der Waals surface area contributed by atoms with Crippen molar-refractivity contribution >= 4 is 0 Å². The summed E-state index contributed by atoms with van der Waals surface area (Å²) in [6, 6.07) is 8.67. The van der Waals surface area contributed by atoms with E-state index in [0.717, 1.165) is 38.9 Å². The van der Waals surface area contributed by atoms with Gasteiger partial charge >= 0.3 is 0 Å². The molecule has 0 saturated heterocycles. The monoisotopic (exact) mass is 260 g/mol. The fourth-order valence-corrected chi connectivity index (χ4v) is 3.27. The lowest BCUT2D eigenvalue weighted by Gasteiger charge is -2.33. The van der Waals surface area contributed by atoms with Gasteiger partial charge in [-0.25, -0.2) is 0 Å². The molecule has 0 amide bonds. The van der Waals surface area contributed by atoms with E-state index in [9.17, 15) is 5.11 Å². The van der Waals surface area contributed by atoms with E-state index in [-0.39, 0.29) is 0 Å². The van der Waals surface area contributed by atoms with Crippen LogP contribution < -0.4 is 5.73 Å². The Morgan fingerprint density at radius 1 is 1.26 bits per heavy atom. The van der Waals surface area contributed by atoms with E-state index < -0.39 is 5.60 Å². The van der Waals surface area contributed by atoms with E-state index in [2.05, 4.69) is 29.2 Å². The fraction of sp³-hybridized carbons (Fsp3) is 0.625. The maximum absolute atomic E-state index is 10.7. The molecule has 2 aliphatic rings. The van der Waals surface area contributed by atoms with Crippen LogP contribution in [0, 0.1) is 5.92 Å². The summed E-state index contributed by atoms with van der Waals surface area (Å²) in [5.74, 6) is 0.427. The van der Waals surface area contributed by atoms with Crippen LogP contribution in [-0.2, 0) is 13.0 Å². The standard InChI is InChI=1S/C16H24N2O/c17-11-16(19,15-7-8-15)12-18-9-3-6-13-4-1-2-5-14(13)10-18/h1-2,4-5,15,19H,3,6-12,17H2. The smallest absolute Gasteiger partial charge is 0.0923 e. The lowest BCUT2D eigenvalue weighted by Crippen LogP contribution is -2.50. The molecular formula is C16H24N2O. The summed E-state index contributed by atoms with van der Waals surface area (Å²) in [6.45, 7) is 3.12. The van der Waals surface area contributed by atoms with Crippen molar-refractivity contribution in [2.45, 2.75) is 37.8 Å². The van der Waals surface area contributed by atoms with Gasteiger partial charge in [0.05, 0.1) is 5.60 Å². The van der Waals surface area contributed by atoms with Gasteiger partial charge in [-0.2, -0.15) is 0 Å². The summed E-state index contributed by atoms with van der Waals surface area (Å²) in [7, 11) is 0. The molecule has 0 radical (unpaired) electrons. The minimum atomic E-state index is -0.667. The van der Waals surface area contributed by atoms with Crippen LogP contribution in [0.4, 0.5) is 0 Å². The summed E-state index contributed by atoms with van der Waals surface area (Å²) in [4.78, 5) is 2.39. The predicted molar refractivity (Wildman–Crippen MR) is 76.8 cm³/mol. The van der Waals surface area contributed by atoms with Crippen LogP contribution in [0.15, 0.2) is 24.3 Å². The van der Waals surface area contributed by atoms with Gasteiger partial charge in [-0.3, -0.25) is 4.90 Å². The molecule has 3 nitrogen and oxygen atoms in total. The first-order chi connectivity index (χ1) is 9.21. The van der Waals surface area contributed by atoms with Crippen LogP contribution in [0.3, 0.4) is 0 Å². The Labute approximate surface area is 115 Å². The molecule has 3 heteroatoms. The van der Waals surface area contributed by atoms with E-state index in [1.54, 1.807) is 0 Å². The molecule has 0 aromatic heterocycles. The van der Waals surface area contributed by atoms with Gasteiger partial charge in [0, 0.05) is 19.6 Å². The SMILES string of the molecule is NCC(O)(CN1CCCc2ccccc2C1)C1CC1. The Bertz CT molecular complexity index is 444. The summed E-state index contributed by atoms with van der Waals surface area (Å²) >= 11 is 0. The average molecular weight is 260 g/mol. The lowest BCUT2D eigenvalue weighted by atomic mass is 9.97. The summed E-state index contributed by atoms with van der Waals surface area (Å²) < 4.78 is 0. The van der Waals surface area contributed by atoms with E-state index >= 15 is 0 Å². The molecule has 1 aliphatic heterocycles. The lowest BCUT2D eigenvalue weighted by molar-refractivity contribution is -0.0100. The highest BCUT2D eigenvalue weighted by Crippen LogP contribution is 2.40. The third-order valence-electron chi connectivity index (χ3n) is 4.62. The minimum absolute atomic E-state index is 0.385. The second kappa shape index (κ2) is 5.23. The molecule has 104 valence electrons. The number of aryl methyl sites for hydroxylation is 1. The molecule has 1 aliphatic carbocycles. The number of nitrogens with zero attached hydrogens (tertiary/aromatic N) is 1. The van der Waals surface area contributed by atoms with Gasteiger partial charge in [-0.05, 0) is 49.3 Å². The second-order valence-electron chi connectivity index (χ2n) is 6.16. The molecule has 19 heavy (non-hydrogen) atoms. The zero-order valence-corrected chi connectivity index (χ0v) is 11.5. The molecule has 1 aromatic rings. The average Bonchev–Trinajstić information content (AvgIpc) is 3.25. The van der Waals surface area contributed by atoms with E-state index in [4.69, 9.17) is 5.73 Å². The van der Waals surface area contributed by atoms with Crippen molar-refractivity contribution in [1.29, 1.82) is 0 Å².